The van der Waals surface area contributed by atoms with Crippen molar-refractivity contribution in [3.8, 4) is 0 Å². The van der Waals surface area contributed by atoms with Crippen LogP contribution in [0.5, 0.6) is 0 Å². The van der Waals surface area contributed by atoms with Gasteiger partial charge in [0.1, 0.15) is 0 Å². The molecule has 0 aromatic carbocycles. The molecule has 0 rings (SSSR count). The molecule has 0 saturated carbocycles. The Balaban J connectivity index is 3.64. The molecule has 0 radical (unpaired) electrons. The molecule has 0 aliphatic carbocycles. The van der Waals surface area contributed by atoms with E-state index in [9.17, 15) is 0 Å². The van der Waals surface area contributed by atoms with Gasteiger partial charge in [-0.05, 0) is 26.2 Å². The Bertz CT molecular complexity index is 110. The molecule has 0 aliphatic rings. The summed E-state index contributed by atoms with van der Waals surface area (Å²) < 4.78 is 0. The lowest BCUT2D eigenvalue weighted by Gasteiger charge is -2.07. The SMILES string of the molecule is CC(C)=CC(Cl)CC(C)C. The number of halogens is 1. The van der Waals surface area contributed by atoms with Crippen molar-refractivity contribution < 1.29 is 0 Å². The van der Waals surface area contributed by atoms with Crippen molar-refractivity contribution in [2.75, 3.05) is 0 Å². The second-order valence-corrected chi connectivity index (χ2v) is 3.95. The Kier molecular flexibility index (Phi) is 4.80. The maximum atomic E-state index is 5.99. The Morgan fingerprint density at radius 2 is 1.90 bits per heavy atom. The zero-order valence-electron chi connectivity index (χ0n) is 7.32. The van der Waals surface area contributed by atoms with Gasteiger partial charge in [-0.1, -0.05) is 25.5 Å². The zero-order valence-corrected chi connectivity index (χ0v) is 8.07. The van der Waals surface area contributed by atoms with Gasteiger partial charge in [0.05, 0.1) is 5.38 Å². The van der Waals surface area contributed by atoms with Gasteiger partial charge in [-0.2, -0.15) is 0 Å². The summed E-state index contributed by atoms with van der Waals surface area (Å²) in [6.45, 7) is 8.54. The van der Waals surface area contributed by atoms with Crippen molar-refractivity contribution in [2.24, 2.45) is 5.92 Å². The lowest BCUT2D eigenvalue weighted by Crippen LogP contribution is -1.99. The van der Waals surface area contributed by atoms with Gasteiger partial charge < -0.3 is 0 Å². The number of hydrogen-bond acceptors (Lipinski definition) is 0. The zero-order chi connectivity index (χ0) is 8.15. The largest absolute Gasteiger partial charge is 0.118 e. The van der Waals surface area contributed by atoms with Gasteiger partial charge in [0.15, 0.2) is 0 Å². The van der Waals surface area contributed by atoms with E-state index in [1.807, 2.05) is 0 Å². The second kappa shape index (κ2) is 4.79. The van der Waals surface area contributed by atoms with Crippen LogP contribution in [0.4, 0.5) is 0 Å². The van der Waals surface area contributed by atoms with Crippen LogP contribution in [0.15, 0.2) is 11.6 Å². The first-order valence-corrected chi connectivity index (χ1v) is 4.25. The summed E-state index contributed by atoms with van der Waals surface area (Å²) in [5.74, 6) is 0.693. The fraction of sp³-hybridized carbons (Fsp3) is 0.778. The van der Waals surface area contributed by atoms with Gasteiger partial charge in [0.25, 0.3) is 0 Å². The Morgan fingerprint density at radius 3 is 2.20 bits per heavy atom. The Hall–Kier alpha value is 0.0300. The molecule has 0 spiro atoms. The summed E-state index contributed by atoms with van der Waals surface area (Å²) in [6, 6.07) is 0. The third kappa shape index (κ3) is 6.15. The molecule has 1 heteroatoms. The fourth-order valence-corrected chi connectivity index (χ4v) is 1.49. The lowest BCUT2D eigenvalue weighted by molar-refractivity contribution is 0.597. The standard InChI is InChI=1S/C9H17Cl/c1-7(2)5-9(10)6-8(3)4/h5,8-9H,6H2,1-4H3. The van der Waals surface area contributed by atoms with E-state index in [1.165, 1.54) is 5.57 Å². The molecule has 0 aromatic rings. The van der Waals surface area contributed by atoms with Crippen LogP contribution >= 0.6 is 11.6 Å². The smallest absolute Gasteiger partial charge is 0.0520 e. The van der Waals surface area contributed by atoms with Crippen LogP contribution in [0, 0.1) is 5.92 Å². The molecule has 0 amide bonds. The summed E-state index contributed by atoms with van der Waals surface area (Å²) >= 11 is 5.99. The van der Waals surface area contributed by atoms with E-state index in [4.69, 9.17) is 11.6 Å². The van der Waals surface area contributed by atoms with Crippen molar-refractivity contribution in [1.29, 1.82) is 0 Å². The molecule has 0 heterocycles. The van der Waals surface area contributed by atoms with E-state index in [0.29, 0.717) is 5.92 Å². The number of allylic oxidation sites excluding steroid dienone is 2. The van der Waals surface area contributed by atoms with Crippen molar-refractivity contribution in [3.63, 3.8) is 0 Å². The summed E-state index contributed by atoms with van der Waals surface area (Å²) in [5, 5.41) is 0.227. The quantitative estimate of drug-likeness (QED) is 0.437. The van der Waals surface area contributed by atoms with E-state index >= 15 is 0 Å². The maximum absolute atomic E-state index is 5.99. The Labute approximate surface area is 69.3 Å². The van der Waals surface area contributed by atoms with Gasteiger partial charge >= 0.3 is 0 Å². The summed E-state index contributed by atoms with van der Waals surface area (Å²) in [5.41, 5.74) is 1.31. The summed E-state index contributed by atoms with van der Waals surface area (Å²) in [6.07, 6.45) is 3.19. The monoisotopic (exact) mass is 160 g/mol. The average Bonchev–Trinajstić information content (AvgIpc) is 1.58. The highest BCUT2D eigenvalue weighted by Crippen LogP contribution is 2.13. The Morgan fingerprint density at radius 1 is 1.40 bits per heavy atom. The van der Waals surface area contributed by atoms with Crippen LogP contribution < -0.4 is 0 Å². The predicted octanol–water partition coefficient (Wildman–Crippen LogP) is 3.61. The van der Waals surface area contributed by atoms with E-state index in [2.05, 4.69) is 33.8 Å². The van der Waals surface area contributed by atoms with E-state index in [1.54, 1.807) is 0 Å². The number of hydrogen-bond donors (Lipinski definition) is 0. The van der Waals surface area contributed by atoms with Crippen LogP contribution in [0.3, 0.4) is 0 Å². The van der Waals surface area contributed by atoms with E-state index in [0.717, 1.165) is 6.42 Å². The minimum absolute atomic E-state index is 0.227. The van der Waals surface area contributed by atoms with Crippen LogP contribution in [0.25, 0.3) is 0 Å². The molecule has 0 saturated heterocycles. The predicted molar refractivity (Wildman–Crippen MR) is 48.5 cm³/mol. The third-order valence-electron chi connectivity index (χ3n) is 1.21. The van der Waals surface area contributed by atoms with Crippen molar-refractivity contribution in [1.82, 2.24) is 0 Å². The van der Waals surface area contributed by atoms with Gasteiger partial charge in [0, 0.05) is 0 Å². The van der Waals surface area contributed by atoms with Crippen LogP contribution in [0.1, 0.15) is 34.1 Å². The molecule has 1 atom stereocenters. The average molecular weight is 161 g/mol. The molecular weight excluding hydrogens is 144 g/mol. The highest BCUT2D eigenvalue weighted by Gasteiger charge is 2.02. The molecule has 0 aromatic heterocycles. The van der Waals surface area contributed by atoms with Crippen LogP contribution in [0.2, 0.25) is 0 Å². The molecule has 0 N–H and O–H groups in total. The maximum Gasteiger partial charge on any atom is 0.0520 e. The fourth-order valence-electron chi connectivity index (χ4n) is 0.880. The molecule has 0 aliphatic heterocycles. The molecule has 1 unspecified atom stereocenters. The number of rotatable bonds is 3. The number of alkyl halides is 1. The first-order chi connectivity index (χ1) is 4.52. The van der Waals surface area contributed by atoms with Crippen molar-refractivity contribution in [3.05, 3.63) is 11.6 Å². The normalized spacial score (nSPS) is 13.4. The molecule has 60 valence electrons. The minimum atomic E-state index is 0.227. The van der Waals surface area contributed by atoms with Gasteiger partial charge in [-0.25, -0.2) is 0 Å². The first-order valence-electron chi connectivity index (χ1n) is 3.81. The van der Waals surface area contributed by atoms with Crippen molar-refractivity contribution in [2.45, 2.75) is 39.5 Å². The van der Waals surface area contributed by atoms with E-state index in [-0.39, 0.29) is 5.38 Å². The topological polar surface area (TPSA) is 0 Å². The third-order valence-corrected chi connectivity index (χ3v) is 1.51. The van der Waals surface area contributed by atoms with E-state index < -0.39 is 0 Å². The van der Waals surface area contributed by atoms with Gasteiger partial charge in [-0.3, -0.25) is 0 Å². The van der Waals surface area contributed by atoms with Crippen molar-refractivity contribution >= 4 is 11.6 Å². The van der Waals surface area contributed by atoms with Gasteiger partial charge in [0.2, 0.25) is 0 Å². The van der Waals surface area contributed by atoms with Crippen LogP contribution in [-0.2, 0) is 0 Å². The second-order valence-electron chi connectivity index (χ2n) is 3.39. The van der Waals surface area contributed by atoms with Crippen LogP contribution in [-0.4, -0.2) is 5.38 Å². The first kappa shape index (κ1) is 10.0. The molecule has 10 heavy (non-hydrogen) atoms. The molecule has 0 nitrogen and oxygen atoms in total. The lowest BCUT2D eigenvalue weighted by atomic mass is 10.1. The molecular formula is C9H17Cl. The molecule has 0 bridgehead atoms. The van der Waals surface area contributed by atoms with Gasteiger partial charge in [-0.15, -0.1) is 11.6 Å². The highest BCUT2D eigenvalue weighted by molar-refractivity contribution is 6.21. The summed E-state index contributed by atoms with van der Waals surface area (Å²) in [7, 11) is 0. The molecule has 0 fully saturated rings. The summed E-state index contributed by atoms with van der Waals surface area (Å²) in [4.78, 5) is 0. The minimum Gasteiger partial charge on any atom is -0.118 e. The highest BCUT2D eigenvalue weighted by atomic mass is 35.5.